The summed E-state index contributed by atoms with van der Waals surface area (Å²) in [5, 5.41) is 23.3. The first-order chi connectivity index (χ1) is 18.1. The molecule has 39 heavy (non-hydrogen) atoms. The smallest absolute Gasteiger partial charge is 0.406 e. The zero-order valence-electron chi connectivity index (χ0n) is 22.9. The van der Waals surface area contributed by atoms with Gasteiger partial charge in [-0.2, -0.15) is 0 Å². The zero-order valence-corrected chi connectivity index (χ0v) is 24.6. The molecule has 0 bridgehead atoms. The molecular formula is C23H39FN3O10PS. The van der Waals surface area contributed by atoms with Crippen LogP contribution in [0.1, 0.15) is 47.8 Å². The molecule has 0 spiro atoms. The van der Waals surface area contributed by atoms with Gasteiger partial charge in [0.1, 0.15) is 17.6 Å². The predicted molar refractivity (Wildman–Crippen MR) is 142 cm³/mol. The molecule has 0 saturated carbocycles. The van der Waals surface area contributed by atoms with E-state index >= 15 is 0 Å². The fourth-order valence-electron chi connectivity index (χ4n) is 3.48. The summed E-state index contributed by atoms with van der Waals surface area (Å²) in [6, 6.07) is -0.0604. The van der Waals surface area contributed by atoms with E-state index in [-0.39, 0.29) is 12.4 Å². The number of ether oxygens (including phenoxy) is 2. The fraction of sp³-hybridized carbons (Fsp3) is 0.783. The summed E-state index contributed by atoms with van der Waals surface area (Å²) in [5.41, 5.74) is -2.65. The maximum atomic E-state index is 13.9. The van der Waals surface area contributed by atoms with Crippen LogP contribution in [0.5, 0.6) is 0 Å². The Morgan fingerprint density at radius 3 is 2.54 bits per heavy atom. The van der Waals surface area contributed by atoms with Crippen molar-refractivity contribution in [2.24, 2.45) is 11.3 Å². The van der Waals surface area contributed by atoms with Crippen LogP contribution in [0.3, 0.4) is 0 Å². The van der Waals surface area contributed by atoms with E-state index in [1.165, 1.54) is 18.7 Å². The number of H-pyrrole nitrogens is 1. The standard InChI is InChI=1S/C23H39FN3O10PS/c1-13(2)36-20(30)14(3)26-38(33,34-9-10-39-21(31)23(4,5)6)35-12-16-15(11-24)18(29)19(37-16)27-8-7-17(28)25-22(27)32/h7-8,13-16,18-19,21,29,31H,9-12H2,1-6H3,(H,26,33)(H,25,28,32)/t14-,15+,16+,18+,19+,21?,38?/m0/s1. The van der Waals surface area contributed by atoms with Gasteiger partial charge in [-0.1, -0.05) is 20.8 Å². The van der Waals surface area contributed by atoms with Gasteiger partial charge in [0.25, 0.3) is 5.56 Å². The highest BCUT2D eigenvalue weighted by Gasteiger charge is 2.46. The van der Waals surface area contributed by atoms with E-state index in [4.69, 9.17) is 18.5 Å². The van der Waals surface area contributed by atoms with Crippen LogP contribution in [0.25, 0.3) is 0 Å². The van der Waals surface area contributed by atoms with E-state index in [1.807, 2.05) is 25.8 Å². The molecule has 0 aliphatic carbocycles. The molecule has 2 unspecified atom stereocenters. The van der Waals surface area contributed by atoms with Crippen molar-refractivity contribution in [1.29, 1.82) is 0 Å². The number of alkyl halides is 1. The maximum absolute atomic E-state index is 13.9. The largest absolute Gasteiger partial charge is 0.462 e. The van der Waals surface area contributed by atoms with E-state index in [9.17, 15) is 33.6 Å². The molecule has 1 aliphatic heterocycles. The van der Waals surface area contributed by atoms with Crippen LogP contribution in [0, 0.1) is 11.3 Å². The third-order valence-corrected chi connectivity index (χ3v) is 8.79. The highest BCUT2D eigenvalue weighted by molar-refractivity contribution is 7.99. The van der Waals surface area contributed by atoms with Gasteiger partial charge < -0.3 is 19.7 Å². The van der Waals surface area contributed by atoms with Crippen molar-refractivity contribution in [2.45, 2.75) is 77.6 Å². The van der Waals surface area contributed by atoms with Crippen LogP contribution in [-0.4, -0.2) is 81.2 Å². The van der Waals surface area contributed by atoms with Gasteiger partial charge in [0.05, 0.1) is 32.1 Å². The number of carbonyl (C=O) groups excluding carboxylic acids is 1. The maximum Gasteiger partial charge on any atom is 0.406 e. The van der Waals surface area contributed by atoms with Crippen molar-refractivity contribution in [3.8, 4) is 0 Å². The Kier molecular flexibility index (Phi) is 12.4. The van der Waals surface area contributed by atoms with Gasteiger partial charge in [-0.25, -0.2) is 14.4 Å². The molecule has 0 radical (unpaired) electrons. The number of aromatic nitrogens is 2. The van der Waals surface area contributed by atoms with Gasteiger partial charge in [0.2, 0.25) is 0 Å². The summed E-state index contributed by atoms with van der Waals surface area (Å²) < 4.78 is 50.2. The number of nitrogens with one attached hydrogen (secondary N) is 2. The Morgan fingerprint density at radius 2 is 1.97 bits per heavy atom. The molecule has 1 saturated heterocycles. The molecule has 1 aliphatic rings. The normalized spacial score (nSPS) is 24.9. The number of halogens is 1. The lowest BCUT2D eigenvalue weighted by atomic mass is 9.98. The lowest BCUT2D eigenvalue weighted by molar-refractivity contribution is -0.149. The van der Waals surface area contributed by atoms with Gasteiger partial charge in [-0.05, 0) is 26.2 Å². The van der Waals surface area contributed by atoms with Crippen molar-refractivity contribution in [2.75, 3.05) is 25.6 Å². The number of hydrogen-bond acceptors (Lipinski definition) is 11. The van der Waals surface area contributed by atoms with Crippen LogP contribution in [0.15, 0.2) is 21.9 Å². The van der Waals surface area contributed by atoms with Gasteiger partial charge >= 0.3 is 19.4 Å². The Balaban J connectivity index is 2.15. The van der Waals surface area contributed by atoms with Crippen molar-refractivity contribution in [1.82, 2.24) is 14.6 Å². The van der Waals surface area contributed by atoms with Crippen molar-refractivity contribution in [3.63, 3.8) is 0 Å². The molecule has 2 heterocycles. The number of hydrogen-bond donors (Lipinski definition) is 4. The molecule has 1 fully saturated rings. The number of aliphatic hydroxyl groups excluding tert-OH is 2. The number of rotatable bonds is 14. The molecule has 7 atom stereocenters. The summed E-state index contributed by atoms with van der Waals surface area (Å²) in [6.07, 6.45) is -3.31. The topological polar surface area (TPSA) is 178 Å². The molecular weight excluding hydrogens is 560 g/mol. The minimum absolute atomic E-state index is 0.135. The number of thioether (sulfide) groups is 1. The van der Waals surface area contributed by atoms with Crippen molar-refractivity contribution in [3.05, 3.63) is 33.1 Å². The average molecular weight is 600 g/mol. The monoisotopic (exact) mass is 599 g/mol. The second-order valence-corrected chi connectivity index (χ2v) is 13.4. The first kappa shape index (κ1) is 33.6. The highest BCUT2D eigenvalue weighted by atomic mass is 32.2. The summed E-state index contributed by atoms with van der Waals surface area (Å²) in [7, 11) is -4.24. The zero-order chi connectivity index (χ0) is 29.5. The summed E-state index contributed by atoms with van der Waals surface area (Å²) in [6.45, 7) is 8.55. The molecule has 13 nitrogen and oxygen atoms in total. The summed E-state index contributed by atoms with van der Waals surface area (Å²) in [5.74, 6) is -1.63. The molecule has 16 heteroatoms. The van der Waals surface area contributed by atoms with Crippen LogP contribution in [0.4, 0.5) is 4.39 Å². The Labute approximate surface area is 230 Å². The highest BCUT2D eigenvalue weighted by Crippen LogP contribution is 2.46. The number of esters is 1. The SMILES string of the molecule is CC(C)OC(=O)[C@H](C)NP(=O)(OCCSC(O)C(C)(C)C)OC[C@H]1O[C@@H](n2ccc(=O)[nH]c2=O)[C@H](O)[C@@H]1CF. The Morgan fingerprint density at radius 1 is 1.31 bits per heavy atom. The second-order valence-electron chi connectivity index (χ2n) is 10.4. The molecule has 0 amide bonds. The minimum atomic E-state index is -4.24. The Bertz CT molecular complexity index is 1110. The van der Waals surface area contributed by atoms with Crippen LogP contribution in [0.2, 0.25) is 0 Å². The van der Waals surface area contributed by atoms with E-state index in [0.717, 1.165) is 16.8 Å². The second kappa shape index (κ2) is 14.4. The third kappa shape index (κ3) is 9.78. The van der Waals surface area contributed by atoms with Gasteiger partial charge in [-0.15, -0.1) is 11.8 Å². The number of aliphatic hydroxyl groups is 2. The van der Waals surface area contributed by atoms with E-state index in [0.29, 0.717) is 0 Å². The first-order valence-corrected chi connectivity index (χ1v) is 15.0. The summed E-state index contributed by atoms with van der Waals surface area (Å²) in [4.78, 5) is 37.9. The van der Waals surface area contributed by atoms with Gasteiger partial charge in [0, 0.05) is 23.9 Å². The Hall–Kier alpha value is -1.58. The lowest BCUT2D eigenvalue weighted by Crippen LogP contribution is -2.37. The summed E-state index contributed by atoms with van der Waals surface area (Å²) >= 11 is 1.18. The molecule has 1 aromatic heterocycles. The fourth-order valence-corrected chi connectivity index (χ4v) is 5.98. The number of aromatic amines is 1. The molecule has 2 rings (SSSR count). The number of nitrogens with zero attached hydrogens (tertiary/aromatic N) is 1. The van der Waals surface area contributed by atoms with Crippen LogP contribution >= 0.6 is 19.5 Å². The van der Waals surface area contributed by atoms with Gasteiger partial charge in [-0.3, -0.25) is 32.6 Å². The quantitative estimate of drug-likeness (QED) is 0.105. The third-order valence-electron chi connectivity index (χ3n) is 5.65. The predicted octanol–water partition coefficient (Wildman–Crippen LogP) is 1.55. The molecule has 0 aromatic carbocycles. The van der Waals surface area contributed by atoms with E-state index in [2.05, 4.69) is 5.09 Å². The molecule has 4 N–H and O–H groups in total. The minimum Gasteiger partial charge on any atom is -0.462 e. The number of carbonyl (C=O) groups is 1. The first-order valence-electron chi connectivity index (χ1n) is 12.5. The van der Waals surface area contributed by atoms with Gasteiger partial charge in [0.15, 0.2) is 6.23 Å². The van der Waals surface area contributed by atoms with Crippen LogP contribution < -0.4 is 16.3 Å². The van der Waals surface area contributed by atoms with E-state index < -0.39 is 85.6 Å². The van der Waals surface area contributed by atoms with Crippen molar-refractivity contribution < 1.29 is 42.5 Å². The van der Waals surface area contributed by atoms with Crippen molar-refractivity contribution >= 4 is 25.5 Å². The average Bonchev–Trinajstić information content (AvgIpc) is 3.14. The lowest BCUT2D eigenvalue weighted by Gasteiger charge is -2.27. The molecule has 1 aromatic rings. The van der Waals surface area contributed by atoms with Crippen LogP contribution in [-0.2, 0) is 27.9 Å². The molecule has 224 valence electrons. The van der Waals surface area contributed by atoms with E-state index in [1.54, 1.807) is 13.8 Å².